The third kappa shape index (κ3) is 3.61. The zero-order valence-electron chi connectivity index (χ0n) is 12.9. The third-order valence-electron chi connectivity index (χ3n) is 3.57. The lowest BCUT2D eigenvalue weighted by molar-refractivity contribution is 0.721. The lowest BCUT2D eigenvalue weighted by Gasteiger charge is -2.16. The highest BCUT2D eigenvalue weighted by atomic mass is 15.1. The maximum Gasteiger partial charge on any atom is 0.0361 e. The van der Waals surface area contributed by atoms with Gasteiger partial charge in [0.05, 0.1) is 0 Å². The van der Waals surface area contributed by atoms with E-state index in [-0.39, 0.29) is 6.04 Å². The molecule has 106 valence electrons. The average Bonchev–Trinajstić information content (AvgIpc) is 2.37. The van der Waals surface area contributed by atoms with Crippen LogP contribution < -0.4 is 10.6 Å². The molecule has 0 fully saturated rings. The number of hydrogen-bond acceptors (Lipinski definition) is 2. The summed E-state index contributed by atoms with van der Waals surface area (Å²) in [6.07, 6.45) is 0.879. The van der Waals surface area contributed by atoms with Gasteiger partial charge in [-0.15, -0.1) is 0 Å². The predicted molar refractivity (Wildman–Crippen MR) is 87.3 cm³/mol. The molecule has 0 aliphatic carbocycles. The normalized spacial score (nSPS) is 12.2. The van der Waals surface area contributed by atoms with Crippen LogP contribution in [0.1, 0.15) is 28.3 Å². The lowest BCUT2D eigenvalue weighted by Crippen LogP contribution is -2.14. The topological polar surface area (TPSA) is 29.3 Å². The molecule has 0 amide bonds. The summed E-state index contributed by atoms with van der Waals surface area (Å²) in [5.74, 6) is 0. The van der Waals surface area contributed by atoms with Crippen molar-refractivity contribution >= 4 is 5.69 Å². The fraction of sp³-hybridized carbons (Fsp3) is 0.333. The quantitative estimate of drug-likeness (QED) is 0.917. The summed E-state index contributed by atoms with van der Waals surface area (Å²) in [4.78, 5) is 2.10. The van der Waals surface area contributed by atoms with Crippen LogP contribution in [0.25, 0.3) is 0 Å². The molecule has 0 spiro atoms. The van der Waals surface area contributed by atoms with Crippen molar-refractivity contribution in [1.82, 2.24) is 0 Å². The fourth-order valence-corrected chi connectivity index (χ4v) is 2.58. The fourth-order valence-electron chi connectivity index (χ4n) is 2.58. The second kappa shape index (κ2) is 6.10. The first-order valence-corrected chi connectivity index (χ1v) is 7.06. The van der Waals surface area contributed by atoms with Crippen LogP contribution in [-0.4, -0.2) is 14.1 Å². The van der Waals surface area contributed by atoms with E-state index in [1.807, 2.05) is 14.1 Å². The van der Waals surface area contributed by atoms with E-state index >= 15 is 0 Å². The van der Waals surface area contributed by atoms with Gasteiger partial charge >= 0.3 is 0 Å². The molecule has 0 aliphatic rings. The van der Waals surface area contributed by atoms with E-state index in [0.29, 0.717) is 0 Å². The van der Waals surface area contributed by atoms with Crippen molar-refractivity contribution in [3.8, 4) is 0 Å². The van der Waals surface area contributed by atoms with E-state index in [0.717, 1.165) is 6.42 Å². The third-order valence-corrected chi connectivity index (χ3v) is 3.57. The zero-order chi connectivity index (χ0) is 14.7. The van der Waals surface area contributed by atoms with Crippen LogP contribution in [0.4, 0.5) is 5.69 Å². The first kappa shape index (κ1) is 14.6. The first-order valence-electron chi connectivity index (χ1n) is 7.06. The number of hydrogen-bond donors (Lipinski definition) is 1. The molecule has 2 heteroatoms. The van der Waals surface area contributed by atoms with Crippen molar-refractivity contribution in [1.29, 1.82) is 0 Å². The smallest absolute Gasteiger partial charge is 0.0361 e. The van der Waals surface area contributed by atoms with Crippen LogP contribution in [0.3, 0.4) is 0 Å². The monoisotopic (exact) mass is 268 g/mol. The van der Waals surface area contributed by atoms with E-state index < -0.39 is 0 Å². The van der Waals surface area contributed by atoms with Crippen LogP contribution in [-0.2, 0) is 6.42 Å². The Balaban J connectivity index is 2.13. The van der Waals surface area contributed by atoms with Gasteiger partial charge < -0.3 is 10.6 Å². The molecule has 0 aromatic heterocycles. The predicted octanol–water partition coefficient (Wildman–Crippen LogP) is 3.61. The number of nitrogens with zero attached hydrogens (tertiary/aromatic N) is 1. The summed E-state index contributed by atoms with van der Waals surface area (Å²) in [6, 6.07) is 15.2. The largest absolute Gasteiger partial charge is 0.378 e. The second-order valence-electron chi connectivity index (χ2n) is 5.79. The lowest BCUT2D eigenvalue weighted by atomic mass is 9.97. The highest BCUT2D eigenvalue weighted by molar-refractivity contribution is 5.46. The molecule has 1 unspecified atom stereocenters. The minimum Gasteiger partial charge on any atom is -0.378 e. The Morgan fingerprint density at radius 1 is 0.950 bits per heavy atom. The van der Waals surface area contributed by atoms with Crippen molar-refractivity contribution in [3.63, 3.8) is 0 Å². The molecule has 0 aliphatic heterocycles. The Morgan fingerprint density at radius 2 is 1.50 bits per heavy atom. The molecular weight excluding hydrogens is 244 g/mol. The average molecular weight is 268 g/mol. The molecule has 0 bridgehead atoms. The molecule has 0 heterocycles. The number of rotatable bonds is 4. The summed E-state index contributed by atoms with van der Waals surface area (Å²) >= 11 is 0. The molecule has 20 heavy (non-hydrogen) atoms. The van der Waals surface area contributed by atoms with Gasteiger partial charge in [0.15, 0.2) is 0 Å². The Morgan fingerprint density at radius 3 is 2.00 bits per heavy atom. The Kier molecular flexibility index (Phi) is 4.46. The highest BCUT2D eigenvalue weighted by Gasteiger charge is 2.08. The van der Waals surface area contributed by atoms with Gasteiger partial charge in [0.1, 0.15) is 0 Å². The molecular formula is C18H24N2. The van der Waals surface area contributed by atoms with Crippen molar-refractivity contribution in [2.24, 2.45) is 5.73 Å². The Bertz CT molecular complexity index is 550. The molecule has 2 N–H and O–H groups in total. The molecule has 0 saturated carbocycles. The van der Waals surface area contributed by atoms with E-state index in [1.54, 1.807) is 0 Å². The Hall–Kier alpha value is -1.80. The highest BCUT2D eigenvalue weighted by Crippen LogP contribution is 2.20. The van der Waals surface area contributed by atoms with E-state index in [9.17, 15) is 0 Å². The van der Waals surface area contributed by atoms with Crippen molar-refractivity contribution in [2.75, 3.05) is 19.0 Å². The van der Waals surface area contributed by atoms with Gasteiger partial charge in [0, 0.05) is 25.8 Å². The van der Waals surface area contributed by atoms with Gasteiger partial charge in [0.25, 0.3) is 0 Å². The van der Waals surface area contributed by atoms with Crippen molar-refractivity contribution < 1.29 is 0 Å². The molecule has 2 nitrogen and oxygen atoms in total. The summed E-state index contributed by atoms with van der Waals surface area (Å²) in [7, 11) is 4.09. The number of anilines is 1. The summed E-state index contributed by atoms with van der Waals surface area (Å²) in [5.41, 5.74) is 12.6. The van der Waals surface area contributed by atoms with Gasteiger partial charge in [-0.1, -0.05) is 41.5 Å². The first-order chi connectivity index (χ1) is 9.45. The molecule has 1 atom stereocenters. The minimum absolute atomic E-state index is 0.0485. The van der Waals surface area contributed by atoms with Gasteiger partial charge in [-0.25, -0.2) is 0 Å². The SMILES string of the molecule is Cc1cc(C)cc(CC(N)c2ccc(N(C)C)cc2)c1. The van der Waals surface area contributed by atoms with Gasteiger partial charge in [-0.2, -0.15) is 0 Å². The summed E-state index contributed by atoms with van der Waals surface area (Å²) in [6.45, 7) is 4.27. The van der Waals surface area contributed by atoms with E-state index in [4.69, 9.17) is 5.73 Å². The maximum absolute atomic E-state index is 6.34. The van der Waals surface area contributed by atoms with Crippen LogP contribution >= 0.6 is 0 Å². The Labute approximate surface area is 122 Å². The molecule has 2 rings (SSSR count). The molecule has 2 aromatic rings. The summed E-state index contributed by atoms with van der Waals surface area (Å²) in [5, 5.41) is 0. The number of aryl methyl sites for hydroxylation is 2. The van der Waals surface area contributed by atoms with Gasteiger partial charge in [-0.05, 0) is 43.5 Å². The van der Waals surface area contributed by atoms with E-state index in [2.05, 4.69) is 61.2 Å². The zero-order valence-corrected chi connectivity index (χ0v) is 12.9. The standard InChI is InChI=1S/C18H24N2/c1-13-9-14(2)11-15(10-13)12-18(19)16-5-7-17(8-6-16)20(3)4/h5-11,18H,12,19H2,1-4H3. The van der Waals surface area contributed by atoms with Crippen LogP contribution in [0, 0.1) is 13.8 Å². The maximum atomic E-state index is 6.34. The summed E-state index contributed by atoms with van der Waals surface area (Å²) < 4.78 is 0. The van der Waals surface area contributed by atoms with Crippen molar-refractivity contribution in [3.05, 3.63) is 64.7 Å². The second-order valence-corrected chi connectivity index (χ2v) is 5.79. The van der Waals surface area contributed by atoms with Gasteiger partial charge in [-0.3, -0.25) is 0 Å². The van der Waals surface area contributed by atoms with Crippen molar-refractivity contribution in [2.45, 2.75) is 26.3 Å². The van der Waals surface area contributed by atoms with Crippen LogP contribution in [0.2, 0.25) is 0 Å². The molecule has 2 aromatic carbocycles. The molecule has 0 saturated heterocycles. The molecule has 0 radical (unpaired) electrons. The number of nitrogens with two attached hydrogens (primary N) is 1. The van der Waals surface area contributed by atoms with Crippen LogP contribution in [0.5, 0.6) is 0 Å². The van der Waals surface area contributed by atoms with E-state index in [1.165, 1.54) is 27.9 Å². The minimum atomic E-state index is 0.0485. The van der Waals surface area contributed by atoms with Crippen LogP contribution in [0.15, 0.2) is 42.5 Å². The van der Waals surface area contributed by atoms with Gasteiger partial charge in [0.2, 0.25) is 0 Å². The number of benzene rings is 2.